The van der Waals surface area contributed by atoms with Gasteiger partial charge < -0.3 is 34.9 Å². The van der Waals surface area contributed by atoms with Crippen LogP contribution >= 0.6 is 0 Å². The lowest BCUT2D eigenvalue weighted by Gasteiger charge is -2.31. The van der Waals surface area contributed by atoms with Crippen LogP contribution in [-0.4, -0.2) is 89.9 Å². The third-order valence-electron chi connectivity index (χ3n) is 15.3. The predicted molar refractivity (Wildman–Crippen MR) is 261 cm³/mol. The number of methoxy groups -OCH3 is 2. The van der Waals surface area contributed by atoms with Crippen molar-refractivity contribution < 1.29 is 28.7 Å². The fraction of sp³-hybridized carbons (Fsp3) is 0.481. The van der Waals surface area contributed by atoms with Gasteiger partial charge in [0.25, 0.3) is 0 Å². The molecule has 4 heterocycles. The Morgan fingerprint density at radius 2 is 1.24 bits per heavy atom. The maximum Gasteiger partial charge on any atom is 0.407 e. The Kier molecular flexibility index (Phi) is 12.9. The lowest BCUT2D eigenvalue weighted by Crippen LogP contribution is -2.53. The molecule has 0 bridgehead atoms. The highest BCUT2D eigenvalue weighted by molar-refractivity contribution is 6.04. The maximum atomic E-state index is 14.0. The third-order valence-corrected chi connectivity index (χ3v) is 15.3. The molecule has 3 fully saturated rings. The second kappa shape index (κ2) is 18.8. The van der Waals surface area contributed by atoms with Crippen LogP contribution in [0.4, 0.5) is 9.59 Å². The fourth-order valence-corrected chi connectivity index (χ4v) is 11.7. The fourth-order valence-electron chi connectivity index (χ4n) is 11.7. The van der Waals surface area contributed by atoms with E-state index in [2.05, 4.69) is 58.1 Å². The summed E-state index contributed by atoms with van der Waals surface area (Å²) in [5, 5.41) is 6.06. The zero-order valence-corrected chi connectivity index (χ0v) is 39.7. The van der Waals surface area contributed by atoms with Gasteiger partial charge >= 0.3 is 12.2 Å². The van der Waals surface area contributed by atoms with E-state index >= 15 is 0 Å². The number of rotatable bonds is 11. The number of nitrogens with one attached hydrogen (secondary N) is 3. The number of aliphatic imine (C=N–C) groups is 1. The van der Waals surface area contributed by atoms with Gasteiger partial charge in [-0.1, -0.05) is 83.0 Å². The molecule has 67 heavy (non-hydrogen) atoms. The minimum Gasteiger partial charge on any atom is -0.453 e. The Balaban J connectivity index is 0.947. The number of fused-ring (bicyclic) bond motifs is 2. The van der Waals surface area contributed by atoms with Crippen LogP contribution in [-0.2, 0) is 31.9 Å². The van der Waals surface area contributed by atoms with Gasteiger partial charge in [-0.2, -0.15) is 0 Å². The van der Waals surface area contributed by atoms with E-state index < -0.39 is 24.3 Å². The van der Waals surface area contributed by atoms with Crippen molar-refractivity contribution in [2.45, 2.75) is 122 Å². The van der Waals surface area contributed by atoms with Crippen molar-refractivity contribution in [1.29, 1.82) is 0 Å². The van der Waals surface area contributed by atoms with Gasteiger partial charge in [-0.25, -0.2) is 9.59 Å². The second-order valence-corrected chi connectivity index (χ2v) is 20.2. The van der Waals surface area contributed by atoms with Gasteiger partial charge in [-0.15, -0.1) is 0 Å². The number of carbonyl (C=O) groups excluding carboxylic acids is 4. The second-order valence-electron chi connectivity index (χ2n) is 20.2. The molecule has 4 atom stereocenters. The summed E-state index contributed by atoms with van der Waals surface area (Å²) in [6, 6.07) is 19.3. The average Bonchev–Trinajstić information content (AvgIpc) is 4.20. The molecular weight excluding hydrogens is 845 g/mol. The van der Waals surface area contributed by atoms with Crippen LogP contribution in [0.25, 0.3) is 38.7 Å². The molecule has 1 aromatic heterocycles. The molecule has 1 saturated carbocycles. The van der Waals surface area contributed by atoms with E-state index in [9.17, 15) is 24.0 Å². The molecule has 4 amide bonds. The highest BCUT2D eigenvalue weighted by Gasteiger charge is 2.43. The van der Waals surface area contributed by atoms with Crippen molar-refractivity contribution in [3.8, 4) is 22.3 Å². The Labute approximate surface area is 392 Å². The molecule has 3 aromatic carbocycles. The van der Waals surface area contributed by atoms with Crippen LogP contribution in [0.15, 0.2) is 76.7 Å². The minimum absolute atomic E-state index is 0.0877. The van der Waals surface area contributed by atoms with Gasteiger partial charge in [0.2, 0.25) is 11.8 Å². The first-order valence-electron chi connectivity index (χ1n) is 24.3. The summed E-state index contributed by atoms with van der Waals surface area (Å²) < 4.78 is 9.62. The van der Waals surface area contributed by atoms with Crippen molar-refractivity contribution in [1.82, 2.24) is 25.4 Å². The molecule has 5 aliphatic rings. The number of ether oxygens (including phenoxy) is 2. The van der Waals surface area contributed by atoms with E-state index in [0.717, 1.165) is 60.0 Å². The van der Waals surface area contributed by atoms with Crippen molar-refractivity contribution in [2.24, 2.45) is 22.2 Å². The number of alkyl carbamates (subject to hydrolysis) is 2. The molecule has 1 spiro atoms. The molecule has 4 aromatic rings. The molecule has 3 N–H and O–H groups in total. The molecule has 0 radical (unpaired) electrons. The van der Waals surface area contributed by atoms with Crippen LogP contribution < -0.4 is 16.1 Å². The first-order valence-corrected chi connectivity index (χ1v) is 24.3. The van der Waals surface area contributed by atoms with Crippen molar-refractivity contribution in [2.75, 3.05) is 27.3 Å². The lowest BCUT2D eigenvalue weighted by molar-refractivity contribution is -0.135. The van der Waals surface area contributed by atoms with E-state index in [0.29, 0.717) is 37.0 Å². The Morgan fingerprint density at radius 1 is 0.701 bits per heavy atom. The van der Waals surface area contributed by atoms with E-state index in [-0.39, 0.29) is 46.6 Å². The van der Waals surface area contributed by atoms with Crippen molar-refractivity contribution in [3.05, 3.63) is 99.5 Å². The first-order chi connectivity index (χ1) is 32.3. The SMILES string of the molecule is COC(=O)N[C@H](C(=O)N1CCC[C@H]1C1=NC=C(c2ccc(-c3ccc(-c4ccc5[nH]c([C@@H]6CCCN6C(=O)[C@@H](NC(=O)OC)C(C)C)cc(=O)c5c4)c4c3CC3(CCCC3)C4)cc2)C1)C(C)C. The predicted octanol–water partition coefficient (Wildman–Crippen LogP) is 9.12. The maximum absolute atomic E-state index is 14.0. The first kappa shape index (κ1) is 45.9. The average molecular weight is 909 g/mol. The highest BCUT2D eigenvalue weighted by atomic mass is 16.5. The minimum atomic E-state index is -0.740. The molecule has 3 aliphatic heterocycles. The Morgan fingerprint density at radius 3 is 1.82 bits per heavy atom. The Bertz CT molecular complexity index is 2710. The third kappa shape index (κ3) is 8.89. The number of amides is 4. The van der Waals surface area contributed by atoms with Crippen LogP contribution in [0.2, 0.25) is 0 Å². The molecule has 2 aliphatic carbocycles. The normalized spacial score (nSPS) is 20.6. The van der Waals surface area contributed by atoms with E-state index in [4.69, 9.17) is 14.5 Å². The topological polar surface area (TPSA) is 162 Å². The van der Waals surface area contributed by atoms with Gasteiger partial charge in [-0.05, 0) is 125 Å². The summed E-state index contributed by atoms with van der Waals surface area (Å²) in [7, 11) is 2.59. The summed E-state index contributed by atoms with van der Waals surface area (Å²) in [6.45, 7) is 8.81. The summed E-state index contributed by atoms with van der Waals surface area (Å²) in [5.74, 6) is -0.519. The monoisotopic (exact) mass is 908 g/mol. The standard InChI is InChI=1S/C54H64N6O7/c1-31(2)48(57-52(64)66-5)50(62)59-23-9-11-45(59)43-26-36(30-55-43)33-13-15-34(16-14-33)37-18-19-38(41-29-54(28-40(37)41)21-7-8-22-54)35-17-20-42-39(25-35)47(61)27-44(56-42)46-12-10-24-60(46)51(63)49(32(3)4)58-53(65)67-6/h13-20,25,27,30-32,45-46,48-49H,7-12,21-24,26,28-29H2,1-6H3,(H,56,61)(H,57,64)(H,58,65)/t45-,46-,48-,49-/m0/s1. The number of benzene rings is 3. The number of allylic oxidation sites excluding steroid dienone is 1. The van der Waals surface area contributed by atoms with Crippen LogP contribution in [0.1, 0.15) is 114 Å². The number of H-pyrrole nitrogens is 1. The van der Waals surface area contributed by atoms with Gasteiger partial charge in [0, 0.05) is 54.1 Å². The quantitative estimate of drug-likeness (QED) is 0.135. The number of aromatic nitrogens is 1. The number of hydrogen-bond donors (Lipinski definition) is 3. The summed E-state index contributed by atoms with van der Waals surface area (Å²) >= 11 is 0. The van der Waals surface area contributed by atoms with Crippen molar-refractivity contribution in [3.63, 3.8) is 0 Å². The number of pyridine rings is 1. The molecule has 13 nitrogen and oxygen atoms in total. The lowest BCUT2D eigenvalue weighted by atomic mass is 9.82. The van der Waals surface area contributed by atoms with Crippen LogP contribution in [0.3, 0.4) is 0 Å². The smallest absolute Gasteiger partial charge is 0.407 e. The number of aromatic amines is 1. The highest BCUT2D eigenvalue weighted by Crippen LogP contribution is 2.53. The largest absolute Gasteiger partial charge is 0.453 e. The number of likely N-dealkylation sites (tertiary alicyclic amines) is 2. The molecule has 0 unspecified atom stereocenters. The number of carbonyl (C=O) groups is 4. The van der Waals surface area contributed by atoms with Gasteiger partial charge in [-0.3, -0.25) is 19.4 Å². The van der Waals surface area contributed by atoms with E-state index in [1.165, 1.54) is 67.7 Å². The summed E-state index contributed by atoms with van der Waals surface area (Å²) in [5.41, 5.74) is 12.2. The van der Waals surface area contributed by atoms with E-state index in [1.54, 1.807) is 11.0 Å². The summed E-state index contributed by atoms with van der Waals surface area (Å²) in [6.07, 6.45) is 11.6. The van der Waals surface area contributed by atoms with Gasteiger partial charge in [0.15, 0.2) is 5.43 Å². The molecule has 2 saturated heterocycles. The van der Waals surface area contributed by atoms with Crippen LogP contribution in [0, 0.1) is 17.3 Å². The Hall–Kier alpha value is -6.24. The van der Waals surface area contributed by atoms with E-state index in [1.807, 2.05) is 50.9 Å². The van der Waals surface area contributed by atoms with Crippen LogP contribution in [0.5, 0.6) is 0 Å². The zero-order chi connectivity index (χ0) is 47.1. The van der Waals surface area contributed by atoms with Crippen molar-refractivity contribution >= 4 is 46.2 Å². The molecule has 352 valence electrons. The summed E-state index contributed by atoms with van der Waals surface area (Å²) in [4.78, 5) is 77.8. The molecule has 9 rings (SSSR count). The zero-order valence-electron chi connectivity index (χ0n) is 39.7. The van der Waals surface area contributed by atoms with Gasteiger partial charge in [0.1, 0.15) is 12.1 Å². The number of nitrogens with zero attached hydrogens (tertiary/aromatic N) is 3. The van der Waals surface area contributed by atoms with Gasteiger partial charge in [0.05, 0.1) is 26.3 Å². The number of hydrogen-bond acceptors (Lipinski definition) is 8. The molecular formula is C54H64N6O7. The molecule has 13 heteroatoms.